The van der Waals surface area contributed by atoms with E-state index in [0.717, 1.165) is 6.42 Å². The van der Waals surface area contributed by atoms with Crippen molar-refractivity contribution in [3.05, 3.63) is 0 Å². The maximum absolute atomic E-state index is 12.8. The van der Waals surface area contributed by atoms with Crippen LogP contribution in [0.5, 0.6) is 0 Å². The Morgan fingerprint density at radius 2 is 2.00 bits per heavy atom. The Kier molecular flexibility index (Phi) is 2.18. The quantitative estimate of drug-likeness (QED) is 0.699. The van der Waals surface area contributed by atoms with Gasteiger partial charge in [-0.15, -0.1) is 0 Å². The van der Waals surface area contributed by atoms with Gasteiger partial charge in [0.25, 0.3) is 0 Å². The van der Waals surface area contributed by atoms with Crippen LogP contribution in [0.3, 0.4) is 0 Å². The van der Waals surface area contributed by atoms with E-state index >= 15 is 0 Å². The second-order valence-electron chi connectivity index (χ2n) is 7.64. The van der Waals surface area contributed by atoms with Crippen molar-refractivity contribution in [2.24, 2.45) is 28.1 Å². The first-order chi connectivity index (χ1) is 7.90. The molecule has 0 bridgehead atoms. The van der Waals surface area contributed by atoms with E-state index in [2.05, 4.69) is 27.7 Å². The first-order valence-electron chi connectivity index (χ1n) is 7.44. The number of hydrogen-bond donors (Lipinski definition) is 0. The summed E-state index contributed by atoms with van der Waals surface area (Å²) in [5.74, 6) is 1.75. The van der Waals surface area contributed by atoms with E-state index in [4.69, 9.17) is 0 Å². The molecule has 3 aliphatic carbocycles. The summed E-state index contributed by atoms with van der Waals surface area (Å²) in [6.07, 6.45) is 7.26. The lowest BCUT2D eigenvalue weighted by Crippen LogP contribution is -2.46. The first kappa shape index (κ1) is 11.7. The fraction of sp³-hybridized carbons (Fsp3) is 0.938. The zero-order valence-corrected chi connectivity index (χ0v) is 11.8. The van der Waals surface area contributed by atoms with Gasteiger partial charge in [0.15, 0.2) is 0 Å². The van der Waals surface area contributed by atoms with Crippen molar-refractivity contribution in [3.63, 3.8) is 0 Å². The predicted octanol–water partition coefficient (Wildman–Crippen LogP) is 4.21. The number of ketones is 1. The molecular formula is C16H26O. The molecule has 1 unspecified atom stereocenters. The van der Waals surface area contributed by atoms with Gasteiger partial charge in [-0.05, 0) is 42.4 Å². The molecule has 1 nitrogen and oxygen atoms in total. The molecule has 0 aromatic carbocycles. The third kappa shape index (κ3) is 1.14. The van der Waals surface area contributed by atoms with Crippen molar-refractivity contribution in [2.45, 2.75) is 66.2 Å². The van der Waals surface area contributed by atoms with Crippen LogP contribution in [-0.2, 0) is 4.79 Å². The fourth-order valence-electron chi connectivity index (χ4n) is 5.46. The number of rotatable bonds is 2. The molecule has 17 heavy (non-hydrogen) atoms. The zero-order valence-electron chi connectivity index (χ0n) is 11.8. The average Bonchev–Trinajstić information content (AvgIpc) is 2.93. The lowest BCUT2D eigenvalue weighted by molar-refractivity contribution is -0.132. The SMILES string of the molecule is CCC[C@@]12CC1[C@@]1(C)[C@H](CCCC1(C)C)C2=O. The molecule has 0 N–H and O–H groups in total. The highest BCUT2D eigenvalue weighted by Gasteiger charge is 2.77. The number of Topliss-reactive ketones (excluding diaryl/α,β-unsaturated/α-hetero) is 1. The Balaban J connectivity index is 2.02. The van der Waals surface area contributed by atoms with Crippen LogP contribution in [0.25, 0.3) is 0 Å². The largest absolute Gasteiger partial charge is 0.299 e. The number of carbonyl (C=O) groups is 1. The van der Waals surface area contributed by atoms with Crippen molar-refractivity contribution in [2.75, 3.05) is 0 Å². The summed E-state index contributed by atoms with van der Waals surface area (Å²) in [6, 6.07) is 0. The smallest absolute Gasteiger partial charge is 0.142 e. The Hall–Kier alpha value is -0.330. The third-order valence-corrected chi connectivity index (χ3v) is 6.78. The number of carbonyl (C=O) groups excluding carboxylic acids is 1. The van der Waals surface area contributed by atoms with Gasteiger partial charge in [-0.3, -0.25) is 4.79 Å². The van der Waals surface area contributed by atoms with Gasteiger partial charge in [-0.2, -0.15) is 0 Å². The number of hydrogen-bond acceptors (Lipinski definition) is 1. The third-order valence-electron chi connectivity index (χ3n) is 6.78. The Morgan fingerprint density at radius 3 is 2.59 bits per heavy atom. The topological polar surface area (TPSA) is 17.1 Å². The molecule has 0 spiro atoms. The molecule has 3 aliphatic rings. The van der Waals surface area contributed by atoms with Crippen molar-refractivity contribution in [3.8, 4) is 0 Å². The van der Waals surface area contributed by atoms with E-state index in [1.165, 1.54) is 32.1 Å². The van der Waals surface area contributed by atoms with Gasteiger partial charge in [0, 0.05) is 11.3 Å². The van der Waals surface area contributed by atoms with Crippen molar-refractivity contribution >= 4 is 5.78 Å². The fourth-order valence-corrected chi connectivity index (χ4v) is 5.46. The molecule has 1 heteroatoms. The van der Waals surface area contributed by atoms with E-state index < -0.39 is 0 Å². The normalized spacial score (nSPS) is 50.9. The van der Waals surface area contributed by atoms with Crippen LogP contribution in [0, 0.1) is 28.1 Å². The van der Waals surface area contributed by atoms with Gasteiger partial charge in [0.2, 0.25) is 0 Å². The molecule has 3 fully saturated rings. The Labute approximate surface area is 105 Å². The highest BCUT2D eigenvalue weighted by atomic mass is 16.1. The summed E-state index contributed by atoms with van der Waals surface area (Å²) in [5, 5.41) is 0. The molecule has 0 heterocycles. The van der Waals surface area contributed by atoms with E-state index in [1.54, 1.807) is 0 Å². The predicted molar refractivity (Wildman–Crippen MR) is 69.7 cm³/mol. The van der Waals surface area contributed by atoms with Crippen LogP contribution >= 0.6 is 0 Å². The monoisotopic (exact) mass is 234 g/mol. The van der Waals surface area contributed by atoms with Crippen LogP contribution in [0.2, 0.25) is 0 Å². The molecule has 0 radical (unpaired) electrons. The molecular weight excluding hydrogens is 208 g/mol. The number of fused-ring (bicyclic) bond motifs is 3. The summed E-state index contributed by atoms with van der Waals surface area (Å²) < 4.78 is 0. The van der Waals surface area contributed by atoms with Crippen molar-refractivity contribution in [1.82, 2.24) is 0 Å². The molecule has 96 valence electrons. The molecule has 4 atom stereocenters. The van der Waals surface area contributed by atoms with Gasteiger partial charge in [0.05, 0.1) is 0 Å². The van der Waals surface area contributed by atoms with Crippen LogP contribution in [0.15, 0.2) is 0 Å². The van der Waals surface area contributed by atoms with Crippen LogP contribution in [-0.4, -0.2) is 5.78 Å². The van der Waals surface area contributed by atoms with E-state index in [0.29, 0.717) is 28.4 Å². The average molecular weight is 234 g/mol. The van der Waals surface area contributed by atoms with E-state index in [9.17, 15) is 4.79 Å². The summed E-state index contributed by atoms with van der Waals surface area (Å²) in [4.78, 5) is 12.8. The molecule has 0 saturated heterocycles. The molecule has 0 aromatic heterocycles. The van der Waals surface area contributed by atoms with Gasteiger partial charge < -0.3 is 0 Å². The summed E-state index contributed by atoms with van der Waals surface area (Å²) in [6.45, 7) is 9.48. The lowest BCUT2D eigenvalue weighted by Gasteiger charge is -2.51. The van der Waals surface area contributed by atoms with Crippen LogP contribution < -0.4 is 0 Å². The summed E-state index contributed by atoms with van der Waals surface area (Å²) in [5.41, 5.74) is 0.801. The maximum atomic E-state index is 12.8. The van der Waals surface area contributed by atoms with E-state index in [1.807, 2.05) is 0 Å². The lowest BCUT2D eigenvalue weighted by atomic mass is 9.53. The van der Waals surface area contributed by atoms with Crippen LogP contribution in [0.1, 0.15) is 66.2 Å². The minimum Gasteiger partial charge on any atom is -0.299 e. The Morgan fingerprint density at radius 1 is 1.29 bits per heavy atom. The van der Waals surface area contributed by atoms with Gasteiger partial charge in [-0.1, -0.05) is 40.5 Å². The molecule has 0 aromatic rings. The van der Waals surface area contributed by atoms with Gasteiger partial charge in [0.1, 0.15) is 5.78 Å². The zero-order chi connectivity index (χ0) is 12.5. The highest BCUT2D eigenvalue weighted by Crippen LogP contribution is 2.79. The summed E-state index contributed by atoms with van der Waals surface area (Å²) >= 11 is 0. The maximum Gasteiger partial charge on any atom is 0.142 e. The van der Waals surface area contributed by atoms with Crippen molar-refractivity contribution in [1.29, 1.82) is 0 Å². The second-order valence-corrected chi connectivity index (χ2v) is 7.64. The van der Waals surface area contributed by atoms with Gasteiger partial charge in [-0.25, -0.2) is 0 Å². The minimum absolute atomic E-state index is 0.135. The first-order valence-corrected chi connectivity index (χ1v) is 7.44. The van der Waals surface area contributed by atoms with Crippen molar-refractivity contribution < 1.29 is 4.79 Å². The summed E-state index contributed by atoms with van der Waals surface area (Å²) in [7, 11) is 0. The molecule has 3 rings (SSSR count). The molecule has 0 aliphatic heterocycles. The molecule has 3 saturated carbocycles. The van der Waals surface area contributed by atoms with Gasteiger partial charge >= 0.3 is 0 Å². The Bertz CT molecular complexity index is 370. The standard InChI is InChI=1S/C16H26O/c1-5-8-16-10-12(16)15(4)11(13(16)17)7-6-9-14(15,2)3/h11-12H,5-10H2,1-4H3/t11-,12?,15-,16-/m1/s1. The van der Waals surface area contributed by atoms with Crippen LogP contribution in [0.4, 0.5) is 0 Å². The highest BCUT2D eigenvalue weighted by molar-refractivity contribution is 5.94. The van der Waals surface area contributed by atoms with E-state index in [-0.39, 0.29) is 5.41 Å². The molecule has 0 amide bonds. The second kappa shape index (κ2) is 3.16. The minimum atomic E-state index is 0.135.